The van der Waals surface area contributed by atoms with Crippen LogP contribution in [-0.4, -0.2) is 43.5 Å². The van der Waals surface area contributed by atoms with Crippen molar-refractivity contribution in [2.75, 3.05) is 26.2 Å². The maximum absolute atomic E-state index is 14.1. The van der Waals surface area contributed by atoms with Crippen LogP contribution in [0, 0.1) is 11.6 Å². The van der Waals surface area contributed by atoms with E-state index in [2.05, 4.69) is 10.2 Å². The second kappa shape index (κ2) is 9.80. The third-order valence-electron chi connectivity index (χ3n) is 4.84. The predicted molar refractivity (Wildman–Crippen MR) is 119 cm³/mol. The van der Waals surface area contributed by atoms with Gasteiger partial charge in [0.25, 0.3) is 10.0 Å². The fourth-order valence-corrected chi connectivity index (χ4v) is 5.26. The van der Waals surface area contributed by atoms with Crippen molar-refractivity contribution < 1.29 is 17.2 Å². The number of halogens is 5. The third-order valence-corrected chi connectivity index (χ3v) is 6.87. The maximum atomic E-state index is 14.1. The molecule has 0 spiro atoms. The van der Waals surface area contributed by atoms with Crippen molar-refractivity contribution in [2.24, 2.45) is 0 Å². The fourth-order valence-electron chi connectivity index (χ4n) is 3.46. The molecule has 0 bridgehead atoms. The van der Waals surface area contributed by atoms with Gasteiger partial charge in [0.2, 0.25) is 0 Å². The first kappa shape index (κ1) is 24.8. The lowest BCUT2D eigenvalue weighted by Crippen LogP contribution is -2.42. The molecule has 2 heterocycles. The van der Waals surface area contributed by atoms with Crippen LogP contribution in [0.15, 0.2) is 47.5 Å². The molecule has 1 N–H and O–H groups in total. The normalized spacial score (nSPS) is 14.9. The quantitative estimate of drug-likeness (QED) is 0.589. The monoisotopic (exact) mass is 497 g/mol. The number of hydrogen-bond acceptors (Lipinski definition) is 4. The van der Waals surface area contributed by atoms with Gasteiger partial charge in [-0.2, -0.15) is 0 Å². The molecule has 2 aromatic carbocycles. The predicted octanol–water partition coefficient (Wildman–Crippen LogP) is 4.06. The number of hydrogen-bond donors (Lipinski definition) is 1. The zero-order chi connectivity index (χ0) is 19.9. The van der Waals surface area contributed by atoms with Crippen molar-refractivity contribution >= 4 is 57.3 Å². The molecule has 11 heteroatoms. The molecule has 0 aliphatic carbocycles. The Morgan fingerprint density at radius 3 is 2.30 bits per heavy atom. The summed E-state index contributed by atoms with van der Waals surface area (Å²) < 4.78 is 54.8. The van der Waals surface area contributed by atoms with E-state index < -0.39 is 26.6 Å². The second-order valence-corrected chi connectivity index (χ2v) is 8.87. The average Bonchev–Trinajstić information content (AvgIpc) is 2.99. The van der Waals surface area contributed by atoms with Gasteiger partial charge in [0.1, 0.15) is 11.6 Å². The summed E-state index contributed by atoms with van der Waals surface area (Å²) in [4.78, 5) is 1.29. The summed E-state index contributed by atoms with van der Waals surface area (Å²) in [5, 5.41) is 4.02. The van der Waals surface area contributed by atoms with Crippen molar-refractivity contribution in [1.29, 1.82) is 0 Å². The van der Waals surface area contributed by atoms with E-state index in [0.717, 1.165) is 53.9 Å². The van der Waals surface area contributed by atoms with Crippen LogP contribution in [-0.2, 0) is 16.6 Å². The van der Waals surface area contributed by atoms with Crippen molar-refractivity contribution in [2.45, 2.75) is 11.4 Å². The zero-order valence-electron chi connectivity index (χ0n) is 15.6. The molecule has 30 heavy (non-hydrogen) atoms. The smallest absolute Gasteiger partial charge is 0.274 e. The summed E-state index contributed by atoms with van der Waals surface area (Å²) in [7, 11) is -4.48. The van der Waals surface area contributed by atoms with Gasteiger partial charge in [0, 0.05) is 44.3 Å². The van der Waals surface area contributed by atoms with Gasteiger partial charge in [-0.15, -0.1) is 24.8 Å². The van der Waals surface area contributed by atoms with Crippen molar-refractivity contribution in [3.8, 4) is 0 Å². The largest absolute Gasteiger partial charge is 0.314 e. The first-order valence-corrected chi connectivity index (χ1v) is 10.6. The molecule has 164 valence electrons. The van der Waals surface area contributed by atoms with Crippen molar-refractivity contribution in [3.05, 3.63) is 64.8 Å². The van der Waals surface area contributed by atoms with E-state index in [1.807, 2.05) is 12.1 Å². The van der Waals surface area contributed by atoms with E-state index >= 15 is 0 Å². The molecule has 0 radical (unpaired) electrons. The Morgan fingerprint density at radius 2 is 1.67 bits per heavy atom. The van der Waals surface area contributed by atoms with Gasteiger partial charge >= 0.3 is 0 Å². The first-order valence-electron chi connectivity index (χ1n) is 8.80. The number of benzene rings is 2. The van der Waals surface area contributed by atoms with Gasteiger partial charge in [-0.25, -0.2) is 21.2 Å². The van der Waals surface area contributed by atoms with E-state index in [0.29, 0.717) is 11.9 Å². The molecule has 0 saturated carbocycles. The van der Waals surface area contributed by atoms with E-state index in [1.165, 1.54) is 6.20 Å². The summed E-state index contributed by atoms with van der Waals surface area (Å²) in [5.41, 5.74) is 1.26. The summed E-state index contributed by atoms with van der Waals surface area (Å²) in [6.45, 7) is 4.41. The zero-order valence-corrected chi connectivity index (χ0v) is 18.9. The molecule has 0 atom stereocenters. The molecule has 1 fully saturated rings. The summed E-state index contributed by atoms with van der Waals surface area (Å²) >= 11 is 6.27. The molecule has 3 aromatic rings. The first-order chi connectivity index (χ1) is 13.4. The lowest BCUT2D eigenvalue weighted by Gasteiger charge is -2.27. The van der Waals surface area contributed by atoms with Crippen LogP contribution in [0.5, 0.6) is 0 Å². The van der Waals surface area contributed by atoms with Crippen molar-refractivity contribution in [1.82, 2.24) is 14.2 Å². The molecule has 1 saturated heterocycles. The lowest BCUT2D eigenvalue weighted by atomic mass is 10.1. The third kappa shape index (κ3) is 4.59. The number of nitrogens with zero attached hydrogens (tertiary/aromatic N) is 2. The molecular weight excluding hydrogens is 479 g/mol. The minimum Gasteiger partial charge on any atom is -0.314 e. The molecule has 1 aliphatic rings. The summed E-state index contributed by atoms with van der Waals surface area (Å²) in [6, 6.07) is 8.19. The van der Waals surface area contributed by atoms with E-state index in [-0.39, 0.29) is 35.4 Å². The van der Waals surface area contributed by atoms with Gasteiger partial charge < -0.3 is 5.32 Å². The Labute approximate surface area is 190 Å². The highest BCUT2D eigenvalue weighted by atomic mass is 35.5. The standard InChI is InChI=1S/C19H18ClF2N3O2S.2ClH/c20-15-12-25(28(26,27)19-16(21)2-1-3-17(19)22)18-5-4-13(10-14(15)18)11-24-8-6-23-7-9-24;;/h1-5,10,12,23H,6-9,11H2;2*1H. The Hall–Kier alpha value is -1.42. The minimum absolute atomic E-state index is 0. The highest BCUT2D eigenvalue weighted by Gasteiger charge is 2.28. The van der Waals surface area contributed by atoms with Gasteiger partial charge in [-0.1, -0.05) is 23.7 Å². The Balaban J connectivity index is 0.00000160. The second-order valence-electron chi connectivity index (χ2n) is 6.71. The van der Waals surface area contributed by atoms with E-state index in [4.69, 9.17) is 11.6 Å². The summed E-state index contributed by atoms with van der Waals surface area (Å²) in [6.07, 6.45) is 1.18. The maximum Gasteiger partial charge on any atom is 0.274 e. The minimum atomic E-state index is -4.48. The van der Waals surface area contributed by atoms with Gasteiger partial charge in [-0.05, 0) is 29.8 Å². The fraction of sp³-hybridized carbons (Fsp3) is 0.263. The van der Waals surface area contributed by atoms with E-state index in [9.17, 15) is 17.2 Å². The van der Waals surface area contributed by atoms with Crippen LogP contribution in [0.25, 0.3) is 10.9 Å². The number of aromatic nitrogens is 1. The van der Waals surface area contributed by atoms with Crippen LogP contribution in [0.2, 0.25) is 5.02 Å². The van der Waals surface area contributed by atoms with Crippen LogP contribution in [0.4, 0.5) is 8.78 Å². The SMILES string of the molecule is Cl.Cl.O=S(=O)(c1c(F)cccc1F)n1cc(Cl)c2cc(CN3CCNCC3)ccc21. The Morgan fingerprint density at radius 1 is 1.03 bits per heavy atom. The molecule has 0 unspecified atom stereocenters. The van der Waals surface area contributed by atoms with Crippen LogP contribution >= 0.6 is 36.4 Å². The van der Waals surface area contributed by atoms with Crippen molar-refractivity contribution in [3.63, 3.8) is 0 Å². The van der Waals surface area contributed by atoms with Gasteiger partial charge in [-0.3, -0.25) is 4.90 Å². The number of piperazine rings is 1. The number of nitrogens with one attached hydrogen (secondary N) is 1. The Bertz CT molecular complexity index is 1130. The molecule has 0 amide bonds. The van der Waals surface area contributed by atoms with Crippen LogP contribution in [0.3, 0.4) is 0 Å². The topological polar surface area (TPSA) is 54.3 Å². The average molecular weight is 499 g/mol. The van der Waals surface area contributed by atoms with Crippen LogP contribution < -0.4 is 5.32 Å². The molecule has 1 aromatic heterocycles. The highest BCUT2D eigenvalue weighted by Crippen LogP contribution is 2.31. The number of fused-ring (bicyclic) bond motifs is 1. The van der Waals surface area contributed by atoms with Gasteiger partial charge in [0.05, 0.1) is 10.5 Å². The lowest BCUT2D eigenvalue weighted by molar-refractivity contribution is 0.233. The van der Waals surface area contributed by atoms with Gasteiger partial charge in [0.15, 0.2) is 4.90 Å². The van der Waals surface area contributed by atoms with E-state index in [1.54, 1.807) is 6.07 Å². The highest BCUT2D eigenvalue weighted by molar-refractivity contribution is 7.90. The Kier molecular flexibility index (Phi) is 8.12. The molecular formula is C19H20Cl3F2N3O2S. The van der Waals surface area contributed by atoms with Crippen LogP contribution in [0.1, 0.15) is 5.56 Å². The molecule has 5 nitrogen and oxygen atoms in total. The molecule has 1 aliphatic heterocycles. The number of rotatable bonds is 4. The molecule has 4 rings (SSSR count). The summed E-state index contributed by atoms with van der Waals surface area (Å²) in [5.74, 6) is -2.29.